The molecule has 0 bridgehead atoms. The van der Waals surface area contributed by atoms with Crippen LogP contribution in [-0.2, 0) is 4.74 Å². The number of carbonyl (C=O) groups excluding carboxylic acids is 1. The third-order valence-corrected chi connectivity index (χ3v) is 2.67. The summed E-state index contributed by atoms with van der Waals surface area (Å²) in [4.78, 5) is 15.3. The lowest BCUT2D eigenvalue weighted by atomic mass is 10.4. The van der Waals surface area contributed by atoms with Crippen LogP contribution < -0.4 is 0 Å². The van der Waals surface area contributed by atoms with E-state index in [0.29, 0.717) is 24.4 Å². The third-order valence-electron chi connectivity index (χ3n) is 1.69. The molecule has 0 N–H and O–H groups in total. The van der Waals surface area contributed by atoms with Crippen LogP contribution in [0.1, 0.15) is 27.9 Å². The normalized spacial score (nSPS) is 8.76. The lowest BCUT2D eigenvalue weighted by Gasteiger charge is -1.95. The van der Waals surface area contributed by atoms with Gasteiger partial charge < -0.3 is 4.74 Å². The fraction of sp³-hybridized carbons (Fsp3) is 0.364. The quantitative estimate of drug-likeness (QED) is 0.205. The summed E-state index contributed by atoms with van der Waals surface area (Å²) in [6.45, 7) is 2.49. The Morgan fingerprint density at radius 3 is 3.18 bits per heavy atom. The molecule has 1 aromatic heterocycles. The standard InChI is InChI=1S/C11H11N3O2S/c1-2-16-11(15)10-7-6-9(17-10)5-3-4-8-13-14-12/h6-7H,2,4,8H2,1H3. The second kappa shape index (κ2) is 7.34. The molecule has 0 amide bonds. The van der Waals surface area contributed by atoms with Crippen molar-refractivity contribution in [3.05, 3.63) is 32.3 Å². The molecule has 0 aliphatic rings. The van der Waals surface area contributed by atoms with E-state index in [2.05, 4.69) is 21.9 Å². The number of hydrogen-bond donors (Lipinski definition) is 0. The molecule has 88 valence electrons. The number of esters is 1. The van der Waals surface area contributed by atoms with Crippen LogP contribution in [0.4, 0.5) is 0 Å². The van der Waals surface area contributed by atoms with Crippen LogP contribution >= 0.6 is 11.3 Å². The number of carbonyl (C=O) groups is 1. The number of azide groups is 1. The smallest absolute Gasteiger partial charge is 0.348 e. The third kappa shape index (κ3) is 4.60. The molecule has 0 saturated carbocycles. The molecule has 17 heavy (non-hydrogen) atoms. The van der Waals surface area contributed by atoms with Gasteiger partial charge >= 0.3 is 5.97 Å². The van der Waals surface area contributed by atoms with Gasteiger partial charge in [-0.05, 0) is 24.6 Å². The van der Waals surface area contributed by atoms with E-state index < -0.39 is 0 Å². The number of thiophene rings is 1. The molecule has 1 rings (SSSR count). The first-order valence-electron chi connectivity index (χ1n) is 5.04. The van der Waals surface area contributed by atoms with E-state index in [4.69, 9.17) is 10.3 Å². The summed E-state index contributed by atoms with van der Waals surface area (Å²) in [5, 5.41) is 3.37. The minimum absolute atomic E-state index is 0.320. The Bertz CT molecular complexity index is 492. The zero-order chi connectivity index (χ0) is 12.5. The lowest BCUT2D eigenvalue weighted by Crippen LogP contribution is -2.01. The van der Waals surface area contributed by atoms with Gasteiger partial charge in [0.2, 0.25) is 0 Å². The zero-order valence-corrected chi connectivity index (χ0v) is 10.2. The number of nitrogens with zero attached hydrogens (tertiary/aromatic N) is 3. The number of hydrogen-bond acceptors (Lipinski definition) is 4. The van der Waals surface area contributed by atoms with Crippen LogP contribution in [-0.4, -0.2) is 19.1 Å². The van der Waals surface area contributed by atoms with E-state index >= 15 is 0 Å². The van der Waals surface area contributed by atoms with Crippen LogP contribution in [0.15, 0.2) is 17.2 Å². The summed E-state index contributed by atoms with van der Waals surface area (Å²) in [5.41, 5.74) is 8.06. The van der Waals surface area contributed by atoms with Crippen molar-refractivity contribution in [2.75, 3.05) is 13.2 Å². The molecule has 1 aromatic rings. The van der Waals surface area contributed by atoms with E-state index in [1.165, 1.54) is 11.3 Å². The molecule has 0 atom stereocenters. The van der Waals surface area contributed by atoms with Crippen LogP contribution in [0.2, 0.25) is 0 Å². The van der Waals surface area contributed by atoms with E-state index in [-0.39, 0.29) is 5.97 Å². The molecule has 0 aliphatic heterocycles. The highest BCUT2D eigenvalue weighted by Crippen LogP contribution is 2.16. The summed E-state index contributed by atoms with van der Waals surface area (Å²) >= 11 is 1.29. The van der Waals surface area contributed by atoms with E-state index in [1.54, 1.807) is 19.1 Å². The fourth-order valence-electron chi connectivity index (χ4n) is 1.02. The van der Waals surface area contributed by atoms with Crippen LogP contribution in [0.25, 0.3) is 10.4 Å². The molecule has 0 aliphatic carbocycles. The predicted molar refractivity (Wildman–Crippen MR) is 65.8 cm³/mol. The highest BCUT2D eigenvalue weighted by molar-refractivity contribution is 7.14. The minimum Gasteiger partial charge on any atom is -0.462 e. The number of rotatable bonds is 4. The van der Waals surface area contributed by atoms with Gasteiger partial charge in [0, 0.05) is 17.9 Å². The average molecular weight is 249 g/mol. The molecule has 0 unspecified atom stereocenters. The minimum atomic E-state index is -0.320. The summed E-state index contributed by atoms with van der Waals surface area (Å²) in [5.74, 6) is 5.44. The topological polar surface area (TPSA) is 75.1 Å². The van der Waals surface area contributed by atoms with Crippen molar-refractivity contribution in [2.45, 2.75) is 13.3 Å². The SMILES string of the molecule is CCOC(=O)c1ccc(C#CCCN=[N+]=[N-])s1. The molecule has 5 nitrogen and oxygen atoms in total. The monoisotopic (exact) mass is 249 g/mol. The Balaban J connectivity index is 2.56. The molecule has 0 spiro atoms. The van der Waals surface area contributed by atoms with Gasteiger partial charge in [0.25, 0.3) is 0 Å². The van der Waals surface area contributed by atoms with Crippen LogP contribution in [0.3, 0.4) is 0 Å². The van der Waals surface area contributed by atoms with Crippen molar-refractivity contribution in [3.63, 3.8) is 0 Å². The molecule has 0 aromatic carbocycles. The van der Waals surface area contributed by atoms with Gasteiger partial charge in [-0.3, -0.25) is 0 Å². The summed E-state index contributed by atoms with van der Waals surface area (Å²) < 4.78 is 4.87. The maximum Gasteiger partial charge on any atom is 0.348 e. The van der Waals surface area contributed by atoms with Crippen molar-refractivity contribution in [1.29, 1.82) is 0 Å². The van der Waals surface area contributed by atoms with E-state index in [1.807, 2.05) is 0 Å². The van der Waals surface area contributed by atoms with Gasteiger partial charge in [0.05, 0.1) is 11.5 Å². The van der Waals surface area contributed by atoms with Crippen molar-refractivity contribution < 1.29 is 9.53 Å². The van der Waals surface area contributed by atoms with Crippen LogP contribution in [0, 0.1) is 11.8 Å². The molecule has 1 heterocycles. The molecule has 0 saturated heterocycles. The van der Waals surface area contributed by atoms with Crippen molar-refractivity contribution in [3.8, 4) is 11.8 Å². The molecular formula is C11H11N3O2S. The van der Waals surface area contributed by atoms with Gasteiger partial charge in [0.1, 0.15) is 4.88 Å². The van der Waals surface area contributed by atoms with Gasteiger partial charge in [-0.15, -0.1) is 11.3 Å². The molecule has 0 fully saturated rings. The highest BCUT2D eigenvalue weighted by atomic mass is 32.1. The first-order chi connectivity index (χ1) is 8.27. The molecule has 0 radical (unpaired) electrons. The zero-order valence-electron chi connectivity index (χ0n) is 9.34. The average Bonchev–Trinajstić information content (AvgIpc) is 2.78. The molecule has 6 heteroatoms. The predicted octanol–water partition coefficient (Wildman–Crippen LogP) is 2.98. The van der Waals surface area contributed by atoms with Crippen molar-refractivity contribution >= 4 is 17.3 Å². The van der Waals surface area contributed by atoms with Gasteiger partial charge in [-0.1, -0.05) is 17.0 Å². The summed E-state index contributed by atoms with van der Waals surface area (Å²) in [6.07, 6.45) is 0.511. The fourth-order valence-corrected chi connectivity index (χ4v) is 1.79. The van der Waals surface area contributed by atoms with Crippen molar-refractivity contribution in [1.82, 2.24) is 0 Å². The Morgan fingerprint density at radius 2 is 2.47 bits per heavy atom. The van der Waals surface area contributed by atoms with E-state index in [0.717, 1.165) is 4.88 Å². The first kappa shape index (κ1) is 13.1. The maximum atomic E-state index is 11.4. The van der Waals surface area contributed by atoms with E-state index in [9.17, 15) is 4.79 Å². The van der Waals surface area contributed by atoms with Gasteiger partial charge in [0.15, 0.2) is 0 Å². The number of ether oxygens (including phenoxy) is 1. The Kier molecular flexibility index (Phi) is 5.66. The summed E-state index contributed by atoms with van der Waals surface area (Å²) in [7, 11) is 0. The molecular weight excluding hydrogens is 238 g/mol. The highest BCUT2D eigenvalue weighted by Gasteiger charge is 2.08. The Hall–Kier alpha value is -1.96. The van der Waals surface area contributed by atoms with Gasteiger partial charge in [-0.25, -0.2) is 4.79 Å². The maximum absolute atomic E-state index is 11.4. The summed E-state index contributed by atoms with van der Waals surface area (Å²) in [6, 6.07) is 3.47. The second-order valence-electron chi connectivity index (χ2n) is 2.89. The van der Waals surface area contributed by atoms with Crippen molar-refractivity contribution in [2.24, 2.45) is 5.11 Å². The first-order valence-corrected chi connectivity index (χ1v) is 5.86. The van der Waals surface area contributed by atoms with Gasteiger partial charge in [-0.2, -0.15) is 0 Å². The Labute approximate surface area is 103 Å². The largest absolute Gasteiger partial charge is 0.462 e. The lowest BCUT2D eigenvalue weighted by molar-refractivity contribution is 0.0532. The van der Waals surface area contributed by atoms with Crippen LogP contribution in [0.5, 0.6) is 0 Å². The second-order valence-corrected chi connectivity index (χ2v) is 3.97. The Morgan fingerprint density at radius 1 is 1.65 bits per heavy atom.